The number of nitrogens with one attached hydrogen (secondary N) is 3. The summed E-state index contributed by atoms with van der Waals surface area (Å²) in [6.45, 7) is 29.2. The van der Waals surface area contributed by atoms with Crippen molar-refractivity contribution in [2.75, 3.05) is 117 Å². The molecule has 11 rings (SSSR count). The number of fused-ring (bicyclic) bond motifs is 3. The third kappa shape index (κ3) is 12.4. The number of anilines is 7. The van der Waals surface area contributed by atoms with Crippen LogP contribution in [0.1, 0.15) is 68.7 Å². The number of aliphatic hydroxyl groups is 2. The molecule has 6 saturated heterocycles. The first kappa shape index (κ1) is 60.5. The van der Waals surface area contributed by atoms with E-state index in [1.807, 2.05) is 37.9 Å². The van der Waals surface area contributed by atoms with Crippen LogP contribution in [0.2, 0.25) is 20.4 Å². The lowest BCUT2D eigenvalue weighted by molar-refractivity contribution is -0.129. The van der Waals surface area contributed by atoms with Crippen molar-refractivity contribution in [3.05, 3.63) is 63.7 Å². The molecule has 0 saturated carbocycles. The molecule has 6 aliphatic heterocycles. The average molecular weight is 1210 g/mol. The number of hydrogen-bond donors (Lipinski definition) is 5. The maximum Gasteiger partial charge on any atom is 0.410 e. The quantitative estimate of drug-likeness (QED) is 0.0785. The number of ether oxygens (including phenoxy) is 1. The molecule has 5 aromatic rings. The van der Waals surface area contributed by atoms with Crippen LogP contribution in [0, 0.1) is 43.8 Å². The SMILES string of the molecule is CC(C)(C)OC(=O)N1C[C@@]2(C)CN(c3nc(Cl)ncc3Cl)C[C@@]2(C)C1.C[C@@]12CN(C(=O)CC#N)C[C@]1(C)CN(c1nc(Nc3cnn(CCO)c3)ncc1Cl)C2.C[C@@]12CNC[C@]1(C)CN(c1nc(Nc3cnn(CCO)c3)ncc1Cl)C2. The highest BCUT2D eigenvalue weighted by atomic mass is 35.5. The molecule has 24 nitrogen and oxygen atoms in total. The third-order valence-corrected chi connectivity index (χ3v) is 18.5. The van der Waals surface area contributed by atoms with Crippen LogP contribution in [0.3, 0.4) is 0 Å². The van der Waals surface area contributed by atoms with Gasteiger partial charge in [0.2, 0.25) is 23.1 Å². The second-order valence-corrected chi connectivity index (χ2v) is 26.7. The topological polar surface area (TPSA) is 273 Å². The van der Waals surface area contributed by atoms with Gasteiger partial charge in [0.25, 0.3) is 0 Å². The second-order valence-electron chi connectivity index (χ2n) is 25.2. The summed E-state index contributed by atoms with van der Waals surface area (Å²) in [7, 11) is 0. The van der Waals surface area contributed by atoms with E-state index < -0.39 is 5.60 Å². The second kappa shape index (κ2) is 23.2. The molecule has 0 bridgehead atoms. The van der Waals surface area contributed by atoms with Crippen molar-refractivity contribution < 1.29 is 24.5 Å². The van der Waals surface area contributed by atoms with Gasteiger partial charge < -0.3 is 55.4 Å². The Morgan fingerprint density at radius 2 is 1.00 bits per heavy atom. The van der Waals surface area contributed by atoms with Crippen LogP contribution in [-0.4, -0.2) is 179 Å². The lowest BCUT2D eigenvalue weighted by Crippen LogP contribution is -2.39. The molecule has 6 atom stereocenters. The Kier molecular flexibility index (Phi) is 17.1. The summed E-state index contributed by atoms with van der Waals surface area (Å²) in [5, 5.41) is 46.7. The molecule has 82 heavy (non-hydrogen) atoms. The van der Waals surface area contributed by atoms with E-state index in [2.05, 4.69) is 112 Å². The molecular weight excluding hydrogens is 1140 g/mol. The van der Waals surface area contributed by atoms with Crippen LogP contribution in [0.4, 0.5) is 45.5 Å². The van der Waals surface area contributed by atoms with Gasteiger partial charge >= 0.3 is 6.09 Å². The van der Waals surface area contributed by atoms with Crippen molar-refractivity contribution in [1.29, 1.82) is 5.26 Å². The van der Waals surface area contributed by atoms with Crippen molar-refractivity contribution in [1.82, 2.24) is 64.6 Å². The molecule has 2 amide bonds. The highest BCUT2D eigenvalue weighted by Crippen LogP contribution is 2.55. The van der Waals surface area contributed by atoms with Crippen LogP contribution < -0.4 is 30.7 Å². The highest BCUT2D eigenvalue weighted by molar-refractivity contribution is 6.34. The minimum Gasteiger partial charge on any atom is -0.444 e. The Morgan fingerprint density at radius 1 is 0.610 bits per heavy atom. The van der Waals surface area contributed by atoms with Gasteiger partial charge in [0, 0.05) is 123 Å². The minimum absolute atomic E-state index is 0.00868. The summed E-state index contributed by atoms with van der Waals surface area (Å²) >= 11 is 25.1. The van der Waals surface area contributed by atoms with Crippen molar-refractivity contribution in [2.45, 2.75) is 87.4 Å². The van der Waals surface area contributed by atoms with E-state index in [0.29, 0.717) is 96.6 Å². The smallest absolute Gasteiger partial charge is 0.410 e. The van der Waals surface area contributed by atoms with Crippen molar-refractivity contribution >= 4 is 99.1 Å². The van der Waals surface area contributed by atoms with Crippen molar-refractivity contribution in [3.8, 4) is 6.07 Å². The molecule has 28 heteroatoms. The Labute approximate surface area is 497 Å². The Hall–Kier alpha value is -6.07. The Morgan fingerprint density at radius 3 is 1.40 bits per heavy atom. The van der Waals surface area contributed by atoms with E-state index in [9.17, 15) is 9.59 Å². The number of carbonyl (C=O) groups excluding carboxylic acids is 2. The Bertz CT molecular complexity index is 3160. The van der Waals surface area contributed by atoms with E-state index in [4.69, 9.17) is 66.6 Å². The third-order valence-electron chi connectivity index (χ3n) is 17.5. The molecule has 5 aromatic heterocycles. The number of carbonyl (C=O) groups is 2. The molecule has 6 aliphatic rings. The van der Waals surface area contributed by atoms with Gasteiger partial charge in [-0.25, -0.2) is 19.7 Å². The summed E-state index contributed by atoms with van der Waals surface area (Å²) in [6, 6.07) is 1.95. The number of hydrogen-bond acceptors (Lipinski definition) is 20. The molecule has 5 N–H and O–H groups in total. The molecule has 442 valence electrons. The number of aliphatic hydroxyl groups excluding tert-OH is 2. The molecule has 0 aliphatic carbocycles. The molecule has 11 heterocycles. The predicted molar refractivity (Wildman–Crippen MR) is 314 cm³/mol. The molecular formula is C54H73Cl4N19O5. The molecule has 6 fully saturated rings. The van der Waals surface area contributed by atoms with Gasteiger partial charge in [0.1, 0.15) is 27.1 Å². The van der Waals surface area contributed by atoms with Crippen LogP contribution in [0.15, 0.2) is 43.4 Å². The summed E-state index contributed by atoms with van der Waals surface area (Å²) in [4.78, 5) is 60.9. The monoisotopic (exact) mass is 1210 g/mol. The zero-order chi connectivity index (χ0) is 59.2. The summed E-state index contributed by atoms with van der Waals surface area (Å²) in [6.07, 6.45) is 11.3. The van der Waals surface area contributed by atoms with Crippen LogP contribution in [0.5, 0.6) is 0 Å². The molecule has 0 unspecified atom stereocenters. The summed E-state index contributed by atoms with van der Waals surface area (Å²) in [5.41, 5.74) is 0.986. The number of amides is 2. The lowest BCUT2D eigenvalue weighted by atomic mass is 9.71. The zero-order valence-electron chi connectivity index (χ0n) is 47.8. The van der Waals surface area contributed by atoms with Gasteiger partial charge in [-0.05, 0) is 32.4 Å². The van der Waals surface area contributed by atoms with E-state index >= 15 is 0 Å². The van der Waals surface area contributed by atoms with E-state index in [-0.39, 0.29) is 69.4 Å². The first-order valence-corrected chi connectivity index (χ1v) is 28.8. The molecule has 0 aromatic carbocycles. The number of nitriles is 1. The first-order chi connectivity index (χ1) is 38.6. The number of rotatable bonds is 12. The normalized spacial score (nSPS) is 27.1. The molecule has 0 spiro atoms. The minimum atomic E-state index is -0.492. The van der Waals surface area contributed by atoms with E-state index in [0.717, 1.165) is 50.8 Å². The van der Waals surface area contributed by atoms with Gasteiger partial charge in [-0.1, -0.05) is 76.3 Å². The van der Waals surface area contributed by atoms with E-state index in [1.165, 1.54) is 6.20 Å². The number of aromatic nitrogens is 10. The van der Waals surface area contributed by atoms with Crippen molar-refractivity contribution in [2.24, 2.45) is 32.5 Å². The number of likely N-dealkylation sites (tertiary alicyclic amines) is 2. The first-order valence-electron chi connectivity index (χ1n) is 27.2. The van der Waals surface area contributed by atoms with Gasteiger partial charge in [-0.3, -0.25) is 14.2 Å². The predicted octanol–water partition coefficient (Wildman–Crippen LogP) is 7.02. The van der Waals surface area contributed by atoms with Gasteiger partial charge in [0.15, 0.2) is 17.5 Å². The fraction of sp³-hybridized carbons (Fsp3) is 0.611. The van der Waals surface area contributed by atoms with Crippen LogP contribution in [-0.2, 0) is 22.6 Å². The van der Waals surface area contributed by atoms with Gasteiger partial charge in [-0.15, -0.1) is 0 Å². The van der Waals surface area contributed by atoms with Crippen LogP contribution >= 0.6 is 46.4 Å². The van der Waals surface area contributed by atoms with Gasteiger partial charge in [0.05, 0.1) is 74.7 Å². The lowest BCUT2D eigenvalue weighted by Gasteiger charge is -2.30. The Balaban J connectivity index is 0.000000149. The number of halogens is 4. The van der Waals surface area contributed by atoms with E-state index in [1.54, 1.807) is 45.2 Å². The standard InChI is InChI=1S/C20H25ClN8O2.C17H24Cl2N4O2.C17H24ClN7O/c1-19-10-27(16(31)3-4-22)11-20(19,2)13-28(12-19)17-15(21)8-23-18(26-17)25-14-7-24-29(9-14)5-6-30;1-15(2,3)25-14(24)23-9-16(4)7-22(8-17(16,5)10-23)12-11(18)6-20-13(19)21-12;1-16-8-19-9-17(16,2)11-24(10-16)14-13(18)6-20-15(23-14)22-12-5-21-25(7-12)3-4-26/h7-9,30H,3,5-6,10-13H2,1-2H3,(H,23,25,26);6H,7-10H2,1-5H3;5-7,19,26H,3-4,8-11H2,1-2H3,(H,20,22,23)/t19-,20+;2*16-,17+. The fourth-order valence-electron chi connectivity index (χ4n) is 12.4. The maximum absolute atomic E-state index is 12.5. The van der Waals surface area contributed by atoms with Crippen LogP contribution in [0.25, 0.3) is 0 Å². The zero-order valence-corrected chi connectivity index (χ0v) is 50.9. The molecule has 0 radical (unpaired) electrons. The summed E-state index contributed by atoms with van der Waals surface area (Å²) in [5.74, 6) is 2.85. The highest BCUT2D eigenvalue weighted by Gasteiger charge is 2.61. The number of nitrogens with zero attached hydrogens (tertiary/aromatic N) is 16. The van der Waals surface area contributed by atoms with Crippen molar-refractivity contribution in [3.63, 3.8) is 0 Å². The summed E-state index contributed by atoms with van der Waals surface area (Å²) < 4.78 is 8.83. The fourth-order valence-corrected chi connectivity index (χ4v) is 13.2. The largest absolute Gasteiger partial charge is 0.444 e. The van der Waals surface area contributed by atoms with Gasteiger partial charge in [-0.2, -0.15) is 30.4 Å². The maximum atomic E-state index is 12.5. The average Bonchev–Trinajstić information content (AvgIpc) is 2.65.